The molecule has 0 saturated heterocycles. The van der Waals surface area contributed by atoms with Gasteiger partial charge >= 0.3 is 5.97 Å². The van der Waals surface area contributed by atoms with Crippen molar-refractivity contribution >= 4 is 38.7 Å². The molecular formula is C7H5IO5S. The average molecular weight is 328 g/mol. The lowest BCUT2D eigenvalue weighted by Gasteiger charge is -2.02. The van der Waals surface area contributed by atoms with Crippen LogP contribution in [0.2, 0.25) is 0 Å². The fraction of sp³-hybridized carbons (Fsp3) is 0. The molecule has 0 atom stereocenters. The molecule has 0 fully saturated rings. The van der Waals surface area contributed by atoms with Crippen LogP contribution in [-0.2, 0) is 10.1 Å². The zero-order valence-corrected chi connectivity index (χ0v) is 9.61. The Hall–Kier alpha value is -0.670. The summed E-state index contributed by atoms with van der Waals surface area (Å²) >= 11 is 1.84. The maximum atomic E-state index is 10.8. The quantitative estimate of drug-likeness (QED) is 0.629. The molecule has 0 spiro atoms. The molecule has 0 amide bonds. The fourth-order valence-corrected chi connectivity index (χ4v) is 2.05. The number of carbonyl (C=O) groups is 1. The Morgan fingerprint density at radius 1 is 1.36 bits per heavy atom. The molecule has 0 heterocycles. The molecule has 7 heteroatoms. The van der Waals surface area contributed by atoms with Crippen LogP contribution in [0.4, 0.5) is 0 Å². The molecule has 1 aromatic rings. The SMILES string of the molecule is O=C(O)c1cc(I)ccc1S(=O)(=O)O. The monoisotopic (exact) mass is 328 g/mol. The summed E-state index contributed by atoms with van der Waals surface area (Å²) in [5.74, 6) is -1.39. The Kier molecular flexibility index (Phi) is 3.12. The molecule has 5 nitrogen and oxygen atoms in total. The molecule has 0 aliphatic heterocycles. The summed E-state index contributed by atoms with van der Waals surface area (Å²) in [5, 5.41) is 8.67. The predicted octanol–water partition coefficient (Wildman–Crippen LogP) is 1.24. The van der Waals surface area contributed by atoms with Crippen LogP contribution in [0.5, 0.6) is 0 Å². The molecule has 0 aliphatic rings. The number of rotatable bonds is 2. The number of carboxylic acid groups (broad SMARTS) is 1. The Morgan fingerprint density at radius 3 is 2.36 bits per heavy atom. The molecule has 1 aromatic carbocycles. The van der Waals surface area contributed by atoms with Gasteiger partial charge in [0.25, 0.3) is 10.1 Å². The van der Waals surface area contributed by atoms with Crippen molar-refractivity contribution in [3.63, 3.8) is 0 Å². The van der Waals surface area contributed by atoms with Crippen molar-refractivity contribution in [2.45, 2.75) is 4.90 Å². The smallest absolute Gasteiger partial charge is 0.337 e. The third-order valence-corrected chi connectivity index (χ3v) is 3.03. The topological polar surface area (TPSA) is 91.7 Å². The van der Waals surface area contributed by atoms with Gasteiger partial charge in [-0.25, -0.2) is 4.79 Å². The average Bonchev–Trinajstić information content (AvgIpc) is 2.01. The van der Waals surface area contributed by atoms with Crippen LogP contribution in [0.15, 0.2) is 23.1 Å². The number of benzene rings is 1. The Labute approximate surface area is 93.6 Å². The molecule has 1 rings (SSSR count). The normalized spacial score (nSPS) is 11.3. The van der Waals surface area contributed by atoms with Gasteiger partial charge in [-0.05, 0) is 40.8 Å². The van der Waals surface area contributed by atoms with Gasteiger partial charge < -0.3 is 5.11 Å². The van der Waals surface area contributed by atoms with Gasteiger partial charge in [0, 0.05) is 3.57 Å². The van der Waals surface area contributed by atoms with Gasteiger partial charge in [0.2, 0.25) is 0 Å². The summed E-state index contributed by atoms with van der Waals surface area (Å²) in [7, 11) is -4.48. The summed E-state index contributed by atoms with van der Waals surface area (Å²) in [6.45, 7) is 0. The van der Waals surface area contributed by atoms with E-state index in [-0.39, 0.29) is 0 Å². The highest BCUT2D eigenvalue weighted by Gasteiger charge is 2.19. The zero-order valence-electron chi connectivity index (χ0n) is 6.64. The first-order valence-corrected chi connectivity index (χ1v) is 5.84. The lowest BCUT2D eigenvalue weighted by Crippen LogP contribution is -2.08. The van der Waals surface area contributed by atoms with Crippen molar-refractivity contribution in [3.05, 3.63) is 27.3 Å². The third-order valence-electron chi connectivity index (χ3n) is 1.45. The van der Waals surface area contributed by atoms with Crippen LogP contribution >= 0.6 is 22.6 Å². The molecule has 0 aliphatic carbocycles. The largest absolute Gasteiger partial charge is 0.478 e. The minimum Gasteiger partial charge on any atom is -0.478 e. The Bertz CT molecular complexity index is 479. The molecule has 76 valence electrons. The lowest BCUT2D eigenvalue weighted by molar-refractivity contribution is 0.0692. The van der Waals surface area contributed by atoms with E-state index >= 15 is 0 Å². The molecule has 0 unspecified atom stereocenters. The summed E-state index contributed by atoms with van der Waals surface area (Å²) in [6.07, 6.45) is 0. The summed E-state index contributed by atoms with van der Waals surface area (Å²) in [5.41, 5.74) is -0.431. The number of hydrogen-bond acceptors (Lipinski definition) is 3. The van der Waals surface area contributed by atoms with Crippen molar-refractivity contribution in [2.75, 3.05) is 0 Å². The van der Waals surface area contributed by atoms with E-state index in [4.69, 9.17) is 9.66 Å². The first-order chi connectivity index (χ1) is 6.32. The Morgan fingerprint density at radius 2 is 1.93 bits per heavy atom. The fourth-order valence-electron chi connectivity index (χ4n) is 0.894. The second kappa shape index (κ2) is 3.83. The van der Waals surface area contributed by atoms with E-state index in [2.05, 4.69) is 0 Å². The summed E-state index contributed by atoms with van der Waals surface area (Å²) < 4.78 is 30.8. The second-order valence-corrected chi connectivity index (χ2v) is 5.06. The van der Waals surface area contributed by atoms with Crippen molar-refractivity contribution in [2.24, 2.45) is 0 Å². The van der Waals surface area contributed by atoms with Crippen molar-refractivity contribution < 1.29 is 22.9 Å². The van der Waals surface area contributed by atoms with Crippen LogP contribution in [0.1, 0.15) is 10.4 Å². The van der Waals surface area contributed by atoms with Crippen molar-refractivity contribution in [3.8, 4) is 0 Å². The molecule has 0 saturated carbocycles. The standard InChI is InChI=1S/C7H5IO5S/c8-4-1-2-6(14(11,12)13)5(3-4)7(9)10/h1-3H,(H,9,10)(H,11,12,13). The minimum atomic E-state index is -4.48. The van der Waals surface area contributed by atoms with E-state index in [9.17, 15) is 13.2 Å². The number of carboxylic acids is 1. The molecule has 0 radical (unpaired) electrons. The number of aromatic carboxylic acids is 1. The van der Waals surface area contributed by atoms with Gasteiger partial charge in [0.15, 0.2) is 0 Å². The zero-order chi connectivity index (χ0) is 10.9. The highest BCUT2D eigenvalue weighted by Crippen LogP contribution is 2.18. The third kappa shape index (κ3) is 2.42. The van der Waals surface area contributed by atoms with Crippen LogP contribution in [0.3, 0.4) is 0 Å². The van der Waals surface area contributed by atoms with E-state index in [0.29, 0.717) is 3.57 Å². The van der Waals surface area contributed by atoms with Crippen molar-refractivity contribution in [1.82, 2.24) is 0 Å². The van der Waals surface area contributed by atoms with Gasteiger partial charge in [-0.2, -0.15) is 8.42 Å². The van der Waals surface area contributed by atoms with E-state index in [1.165, 1.54) is 12.1 Å². The van der Waals surface area contributed by atoms with E-state index in [1.807, 2.05) is 22.6 Å². The summed E-state index contributed by atoms with van der Waals surface area (Å²) in [4.78, 5) is 10.0. The van der Waals surface area contributed by atoms with E-state index < -0.39 is 26.5 Å². The van der Waals surface area contributed by atoms with Crippen LogP contribution < -0.4 is 0 Å². The van der Waals surface area contributed by atoms with Gasteiger partial charge in [0.05, 0.1) is 5.56 Å². The molecule has 2 N–H and O–H groups in total. The maximum absolute atomic E-state index is 10.8. The number of halogens is 1. The number of hydrogen-bond donors (Lipinski definition) is 2. The molecule has 0 aromatic heterocycles. The Balaban J connectivity index is 3.53. The highest BCUT2D eigenvalue weighted by molar-refractivity contribution is 14.1. The second-order valence-electron chi connectivity index (χ2n) is 2.42. The van der Waals surface area contributed by atoms with Gasteiger partial charge in [-0.3, -0.25) is 4.55 Å². The van der Waals surface area contributed by atoms with Gasteiger partial charge in [0.1, 0.15) is 4.90 Å². The first-order valence-electron chi connectivity index (χ1n) is 3.32. The van der Waals surface area contributed by atoms with Gasteiger partial charge in [-0.1, -0.05) is 0 Å². The van der Waals surface area contributed by atoms with Crippen LogP contribution in [0.25, 0.3) is 0 Å². The maximum Gasteiger partial charge on any atom is 0.337 e. The predicted molar refractivity (Wildman–Crippen MR) is 55.9 cm³/mol. The van der Waals surface area contributed by atoms with E-state index in [1.54, 1.807) is 0 Å². The molecule has 14 heavy (non-hydrogen) atoms. The highest BCUT2D eigenvalue weighted by atomic mass is 127. The van der Waals surface area contributed by atoms with E-state index in [0.717, 1.165) is 6.07 Å². The van der Waals surface area contributed by atoms with Crippen molar-refractivity contribution in [1.29, 1.82) is 0 Å². The minimum absolute atomic E-state index is 0.431. The summed E-state index contributed by atoms with van der Waals surface area (Å²) in [6, 6.07) is 3.63. The molecular weight excluding hydrogens is 323 g/mol. The van der Waals surface area contributed by atoms with Crippen LogP contribution in [0, 0.1) is 3.57 Å². The first kappa shape index (κ1) is 11.4. The molecule has 0 bridgehead atoms. The van der Waals surface area contributed by atoms with Gasteiger partial charge in [-0.15, -0.1) is 0 Å². The lowest BCUT2D eigenvalue weighted by atomic mass is 10.2. The van der Waals surface area contributed by atoms with Crippen LogP contribution in [-0.4, -0.2) is 24.0 Å².